The molecule has 0 saturated heterocycles. The summed E-state index contributed by atoms with van der Waals surface area (Å²) >= 11 is 0. The number of nitrogens with two attached hydrogens (primary N) is 1. The number of rotatable bonds is 6. The van der Waals surface area contributed by atoms with Crippen molar-refractivity contribution in [3.05, 3.63) is 23.8 Å². The number of hydrogen-bond acceptors (Lipinski definition) is 4. The van der Waals surface area contributed by atoms with Crippen molar-refractivity contribution in [2.75, 3.05) is 12.8 Å². The van der Waals surface area contributed by atoms with Crippen molar-refractivity contribution in [3.8, 4) is 5.75 Å². The molecule has 6 heteroatoms. The van der Waals surface area contributed by atoms with Gasteiger partial charge in [0.2, 0.25) is 0 Å². The lowest BCUT2D eigenvalue weighted by molar-refractivity contribution is 0.182. The van der Waals surface area contributed by atoms with Gasteiger partial charge in [-0.25, -0.2) is 0 Å². The molecule has 4 N–H and O–H groups in total. The van der Waals surface area contributed by atoms with Gasteiger partial charge >= 0.3 is 7.48 Å². The fourth-order valence-corrected chi connectivity index (χ4v) is 1.42. The monoisotopic (exact) mass is 268 g/mol. The van der Waals surface area contributed by atoms with Crippen molar-refractivity contribution in [1.82, 2.24) is 0 Å². The van der Waals surface area contributed by atoms with E-state index in [1.807, 2.05) is 0 Å². The van der Waals surface area contributed by atoms with E-state index < -0.39 is 6.23 Å². The highest BCUT2D eigenvalue weighted by molar-refractivity contribution is 7.16. The van der Waals surface area contributed by atoms with Crippen molar-refractivity contribution >= 4 is 22.2 Å². The first-order valence-corrected chi connectivity index (χ1v) is 6.59. The van der Waals surface area contributed by atoms with Crippen LogP contribution in [0.1, 0.15) is 25.6 Å². The lowest BCUT2D eigenvalue weighted by Crippen LogP contribution is -2.27. The maximum atomic E-state index is 9.50. The van der Waals surface area contributed by atoms with E-state index in [-0.39, 0.29) is 16.7 Å². The largest absolute Gasteiger partial charge is 0.508 e. The van der Waals surface area contributed by atoms with Gasteiger partial charge in [-0.15, -0.1) is 9.24 Å². The van der Waals surface area contributed by atoms with Crippen LogP contribution in [0.2, 0.25) is 0 Å². The van der Waals surface area contributed by atoms with Crippen LogP contribution < -0.4 is 11.2 Å². The molecule has 18 heavy (non-hydrogen) atoms. The van der Waals surface area contributed by atoms with E-state index in [0.717, 1.165) is 11.6 Å². The number of aromatic hydroxyl groups is 1. The highest BCUT2D eigenvalue weighted by Gasteiger charge is 2.16. The molecule has 0 heterocycles. The minimum Gasteiger partial charge on any atom is -0.508 e. The van der Waals surface area contributed by atoms with Crippen LogP contribution in [-0.4, -0.2) is 30.5 Å². The van der Waals surface area contributed by atoms with Crippen LogP contribution in [-0.2, 0) is 4.65 Å². The number of aliphatic hydroxyl groups excluding tert-OH is 1. The van der Waals surface area contributed by atoms with E-state index in [1.165, 1.54) is 6.07 Å². The summed E-state index contributed by atoms with van der Waals surface area (Å²) in [5, 5.41) is 18.8. The van der Waals surface area contributed by atoms with Crippen molar-refractivity contribution in [3.63, 3.8) is 0 Å². The Hall–Kier alpha value is -0.605. The second kappa shape index (κ2) is 6.53. The van der Waals surface area contributed by atoms with Crippen molar-refractivity contribution in [2.45, 2.75) is 20.1 Å². The Balaban J connectivity index is 2.61. The Morgan fingerprint density at radius 3 is 2.72 bits per heavy atom. The second-order valence-corrected chi connectivity index (χ2v) is 5.47. The molecule has 1 aromatic rings. The molecule has 0 aliphatic carbocycles. The Morgan fingerprint density at radius 2 is 2.17 bits per heavy atom. The molecule has 0 fully saturated rings. The number of aliphatic hydroxyl groups is 1. The molecule has 4 nitrogen and oxygen atoms in total. The number of phenolic OH excluding ortho intramolecular Hbond substituents is 1. The predicted octanol–water partition coefficient (Wildman–Crippen LogP) is 0.504. The third-order valence-electron chi connectivity index (χ3n) is 2.62. The Bertz CT molecular complexity index is 399. The van der Waals surface area contributed by atoms with Gasteiger partial charge in [0.15, 0.2) is 0 Å². The summed E-state index contributed by atoms with van der Waals surface area (Å²) in [4.78, 5) is 0. The molecule has 0 bridgehead atoms. The minimum atomic E-state index is -1.19. The van der Waals surface area contributed by atoms with Gasteiger partial charge in [-0.05, 0) is 17.6 Å². The normalized spacial score (nSPS) is 13.4. The van der Waals surface area contributed by atoms with Gasteiger partial charge in [-0.1, -0.05) is 31.4 Å². The first-order chi connectivity index (χ1) is 8.35. The molecule has 0 aromatic heterocycles. The third-order valence-corrected chi connectivity index (χ3v) is 3.72. The van der Waals surface area contributed by atoms with Crippen molar-refractivity contribution in [1.29, 1.82) is 0 Å². The standard InChI is InChI=1S/C12H20BNO3P/c1-12(2,7-18)6-17-13-8-3-4-10(15)9(5-8)11(14)16/h3-5,11,15-16H,6-7,14,18H2,1-2H3. The van der Waals surface area contributed by atoms with Crippen molar-refractivity contribution in [2.24, 2.45) is 11.1 Å². The van der Waals surface area contributed by atoms with E-state index in [4.69, 9.17) is 10.4 Å². The molecule has 0 amide bonds. The average molecular weight is 268 g/mol. The number of hydrogen-bond donors (Lipinski definition) is 3. The van der Waals surface area contributed by atoms with E-state index >= 15 is 0 Å². The quantitative estimate of drug-likeness (QED) is 0.399. The third kappa shape index (κ3) is 4.58. The smallest absolute Gasteiger partial charge is 0.330 e. The Morgan fingerprint density at radius 1 is 1.50 bits per heavy atom. The van der Waals surface area contributed by atoms with Crippen LogP contribution in [0.4, 0.5) is 0 Å². The van der Waals surface area contributed by atoms with E-state index in [2.05, 4.69) is 23.1 Å². The molecule has 0 aliphatic heterocycles. The maximum absolute atomic E-state index is 9.50. The summed E-state index contributed by atoms with van der Waals surface area (Å²) in [5.74, 6) is -0.0209. The van der Waals surface area contributed by atoms with Crippen LogP contribution in [0.5, 0.6) is 5.75 Å². The molecule has 0 saturated carbocycles. The Labute approximate surface area is 111 Å². The maximum Gasteiger partial charge on any atom is 0.330 e. The van der Waals surface area contributed by atoms with Gasteiger partial charge in [0.25, 0.3) is 0 Å². The molecule has 2 atom stereocenters. The summed E-state index contributed by atoms with van der Waals surface area (Å²) < 4.78 is 5.51. The van der Waals surface area contributed by atoms with Crippen LogP contribution in [0.25, 0.3) is 0 Å². The van der Waals surface area contributed by atoms with Crippen LogP contribution in [0, 0.1) is 5.41 Å². The summed E-state index contributed by atoms with van der Waals surface area (Å²) in [7, 11) is 4.30. The van der Waals surface area contributed by atoms with E-state index in [1.54, 1.807) is 19.6 Å². The van der Waals surface area contributed by atoms with E-state index in [0.29, 0.717) is 6.61 Å². The van der Waals surface area contributed by atoms with Crippen LogP contribution >= 0.6 is 9.24 Å². The second-order valence-electron chi connectivity index (χ2n) is 5.06. The fourth-order valence-electron chi connectivity index (χ4n) is 1.31. The number of phenols is 1. The van der Waals surface area contributed by atoms with Crippen molar-refractivity contribution < 1.29 is 14.9 Å². The SMILES string of the molecule is CC(C)(CP)CO[B]c1ccc(O)c(C(N)O)c1. The lowest BCUT2D eigenvalue weighted by atomic mass is 9.85. The average Bonchev–Trinajstić information content (AvgIpc) is 2.31. The zero-order chi connectivity index (χ0) is 13.8. The summed E-state index contributed by atoms with van der Waals surface area (Å²) in [6, 6.07) is 4.80. The summed E-state index contributed by atoms with van der Waals surface area (Å²) in [6.07, 6.45) is -0.245. The summed E-state index contributed by atoms with van der Waals surface area (Å²) in [6.45, 7) is 4.82. The zero-order valence-corrected chi connectivity index (χ0v) is 11.9. The van der Waals surface area contributed by atoms with Crippen LogP contribution in [0.15, 0.2) is 18.2 Å². The predicted molar refractivity (Wildman–Crippen MR) is 77.0 cm³/mol. The molecule has 1 rings (SSSR count). The molecule has 1 aromatic carbocycles. The molecule has 99 valence electrons. The lowest BCUT2D eigenvalue weighted by Gasteiger charge is -2.22. The molecule has 0 spiro atoms. The summed E-state index contributed by atoms with van der Waals surface area (Å²) in [5.41, 5.74) is 6.48. The van der Waals surface area contributed by atoms with Gasteiger partial charge in [-0.3, -0.25) is 0 Å². The van der Waals surface area contributed by atoms with Gasteiger partial charge in [0.05, 0.1) is 0 Å². The molecule has 1 radical (unpaired) electrons. The first-order valence-electron chi connectivity index (χ1n) is 5.77. The van der Waals surface area contributed by atoms with Gasteiger partial charge in [0, 0.05) is 12.2 Å². The molecular weight excluding hydrogens is 248 g/mol. The molecule has 2 unspecified atom stereocenters. The van der Waals surface area contributed by atoms with E-state index in [9.17, 15) is 10.2 Å². The van der Waals surface area contributed by atoms with Gasteiger partial charge < -0.3 is 20.6 Å². The Kier molecular flexibility index (Phi) is 5.61. The topological polar surface area (TPSA) is 75.7 Å². The molecular formula is C12H20BNO3P. The zero-order valence-electron chi connectivity index (χ0n) is 10.8. The first kappa shape index (κ1) is 15.5. The van der Waals surface area contributed by atoms with Gasteiger partial charge in [-0.2, -0.15) is 0 Å². The fraction of sp³-hybridized carbons (Fsp3) is 0.500. The number of benzene rings is 1. The highest BCUT2D eigenvalue weighted by atomic mass is 31.0. The minimum absolute atomic E-state index is 0.0209. The molecule has 0 aliphatic rings. The van der Waals surface area contributed by atoms with Gasteiger partial charge in [0.1, 0.15) is 12.0 Å². The van der Waals surface area contributed by atoms with Crippen LogP contribution in [0.3, 0.4) is 0 Å². The highest BCUT2D eigenvalue weighted by Crippen LogP contribution is 2.20.